The Morgan fingerprint density at radius 3 is 2.89 bits per heavy atom. The second kappa shape index (κ2) is 5.36. The molecule has 0 aliphatic carbocycles. The first kappa shape index (κ1) is 13.5. The predicted molar refractivity (Wildman–Crippen MR) is 71.8 cm³/mol. The van der Waals surface area contributed by atoms with Crippen molar-refractivity contribution in [3.8, 4) is 0 Å². The molecule has 0 saturated carbocycles. The van der Waals surface area contributed by atoms with E-state index in [1.165, 1.54) is 12.1 Å². The van der Waals surface area contributed by atoms with Gasteiger partial charge in [-0.15, -0.1) is 0 Å². The molecule has 1 aromatic carbocycles. The van der Waals surface area contributed by atoms with Gasteiger partial charge in [0.05, 0.1) is 5.56 Å². The Morgan fingerprint density at radius 1 is 1.56 bits per heavy atom. The first-order valence-corrected chi connectivity index (χ1v) is 6.80. The quantitative estimate of drug-likeness (QED) is 0.866. The number of rotatable bonds is 1. The number of halogens is 2. The Bertz CT molecular complexity index is 466. The van der Waals surface area contributed by atoms with Gasteiger partial charge in [0.1, 0.15) is 5.82 Å². The van der Waals surface area contributed by atoms with Crippen molar-refractivity contribution in [3.63, 3.8) is 0 Å². The predicted octanol–water partition coefficient (Wildman–Crippen LogP) is 2.54. The average molecular weight is 315 g/mol. The highest BCUT2D eigenvalue weighted by Gasteiger charge is 2.28. The lowest BCUT2D eigenvalue weighted by Gasteiger charge is -2.36. The summed E-state index contributed by atoms with van der Waals surface area (Å²) < 4.78 is 14.4. The minimum atomic E-state index is -0.489. The molecule has 1 saturated heterocycles. The van der Waals surface area contributed by atoms with Crippen LogP contribution in [0.3, 0.4) is 0 Å². The lowest BCUT2D eigenvalue weighted by atomic mass is 9.98. The molecule has 2 rings (SSSR count). The number of nitrogens with two attached hydrogens (primary N) is 1. The van der Waals surface area contributed by atoms with Crippen molar-refractivity contribution in [2.75, 3.05) is 6.54 Å². The Balaban J connectivity index is 2.20. The summed E-state index contributed by atoms with van der Waals surface area (Å²) in [4.78, 5) is 14.0. The fourth-order valence-corrected chi connectivity index (χ4v) is 2.66. The molecule has 1 amide bonds. The maximum Gasteiger partial charge on any atom is 0.257 e. The van der Waals surface area contributed by atoms with Crippen LogP contribution in [0.4, 0.5) is 4.39 Å². The zero-order valence-electron chi connectivity index (χ0n) is 10.2. The Morgan fingerprint density at radius 2 is 2.28 bits per heavy atom. The molecule has 1 aromatic rings. The summed E-state index contributed by atoms with van der Waals surface area (Å²) in [5, 5.41) is 0. The first-order chi connectivity index (χ1) is 8.49. The summed E-state index contributed by atoms with van der Waals surface area (Å²) in [7, 11) is 0. The number of hydrogen-bond donors (Lipinski definition) is 1. The van der Waals surface area contributed by atoms with Gasteiger partial charge >= 0.3 is 0 Å². The molecule has 0 radical (unpaired) electrons. The molecule has 2 unspecified atom stereocenters. The molecule has 0 bridgehead atoms. The van der Waals surface area contributed by atoms with Crippen LogP contribution in [0.2, 0.25) is 0 Å². The van der Waals surface area contributed by atoms with Crippen molar-refractivity contribution in [3.05, 3.63) is 34.1 Å². The van der Waals surface area contributed by atoms with E-state index in [1.54, 1.807) is 11.0 Å². The Kier molecular flexibility index (Phi) is 4.02. The smallest absolute Gasteiger partial charge is 0.257 e. The van der Waals surface area contributed by atoms with Crippen LogP contribution in [0.1, 0.15) is 30.1 Å². The number of carbonyl (C=O) groups excluding carboxylic acids is 1. The molecular formula is C13H16BrFN2O. The van der Waals surface area contributed by atoms with Crippen molar-refractivity contribution in [2.45, 2.75) is 31.8 Å². The largest absolute Gasteiger partial charge is 0.336 e. The molecule has 1 aliphatic heterocycles. The molecule has 2 atom stereocenters. The minimum Gasteiger partial charge on any atom is -0.336 e. The molecule has 18 heavy (non-hydrogen) atoms. The summed E-state index contributed by atoms with van der Waals surface area (Å²) in [6, 6.07) is 4.70. The standard InChI is InChI=1S/C13H16BrFN2O/c1-8-6-10(16)4-5-17(8)13(18)11-3-2-9(14)7-12(11)15/h2-3,7-8,10H,4-6,16H2,1H3. The van der Waals surface area contributed by atoms with Crippen molar-refractivity contribution in [1.29, 1.82) is 0 Å². The summed E-state index contributed by atoms with van der Waals surface area (Å²) in [5.74, 6) is -0.740. The number of nitrogens with zero attached hydrogens (tertiary/aromatic N) is 1. The van der Waals surface area contributed by atoms with Crippen LogP contribution in [0.25, 0.3) is 0 Å². The molecule has 2 N–H and O–H groups in total. The fraction of sp³-hybridized carbons (Fsp3) is 0.462. The lowest BCUT2D eigenvalue weighted by molar-refractivity contribution is 0.0614. The topological polar surface area (TPSA) is 46.3 Å². The van der Waals surface area contributed by atoms with Gasteiger partial charge in [0.15, 0.2) is 0 Å². The van der Waals surface area contributed by atoms with Crippen molar-refractivity contribution < 1.29 is 9.18 Å². The summed E-state index contributed by atoms with van der Waals surface area (Å²) in [5.41, 5.74) is 5.98. The van der Waals surface area contributed by atoms with Gasteiger partial charge in [-0.3, -0.25) is 4.79 Å². The van der Waals surface area contributed by atoms with Gasteiger partial charge in [-0.05, 0) is 38.0 Å². The van der Waals surface area contributed by atoms with Gasteiger partial charge in [0, 0.05) is 23.1 Å². The van der Waals surface area contributed by atoms with Crippen LogP contribution in [0.5, 0.6) is 0 Å². The number of amides is 1. The minimum absolute atomic E-state index is 0.0595. The number of benzene rings is 1. The fourth-order valence-electron chi connectivity index (χ4n) is 2.33. The van der Waals surface area contributed by atoms with Gasteiger partial charge in [0.2, 0.25) is 0 Å². The van der Waals surface area contributed by atoms with Crippen molar-refractivity contribution in [2.24, 2.45) is 5.73 Å². The first-order valence-electron chi connectivity index (χ1n) is 6.00. The number of likely N-dealkylation sites (tertiary alicyclic amines) is 1. The third-order valence-electron chi connectivity index (χ3n) is 3.34. The van der Waals surface area contributed by atoms with E-state index in [0.717, 1.165) is 12.8 Å². The van der Waals surface area contributed by atoms with Crippen LogP contribution >= 0.6 is 15.9 Å². The second-order valence-corrected chi connectivity index (χ2v) is 5.67. The summed E-state index contributed by atoms with van der Waals surface area (Å²) >= 11 is 3.18. The van der Waals surface area contributed by atoms with E-state index in [0.29, 0.717) is 11.0 Å². The van der Waals surface area contributed by atoms with Gasteiger partial charge in [0.25, 0.3) is 5.91 Å². The van der Waals surface area contributed by atoms with Crippen LogP contribution in [-0.4, -0.2) is 29.4 Å². The van der Waals surface area contributed by atoms with E-state index in [9.17, 15) is 9.18 Å². The SMILES string of the molecule is CC1CC(N)CCN1C(=O)c1ccc(Br)cc1F. The Hall–Kier alpha value is -0.940. The van der Waals surface area contributed by atoms with Crippen LogP contribution < -0.4 is 5.73 Å². The normalized spacial score (nSPS) is 24.1. The summed E-state index contributed by atoms with van der Waals surface area (Å²) in [6.45, 7) is 2.55. The lowest BCUT2D eigenvalue weighted by Crippen LogP contribution is -2.48. The average Bonchev–Trinajstić information content (AvgIpc) is 2.28. The highest BCUT2D eigenvalue weighted by Crippen LogP contribution is 2.22. The van der Waals surface area contributed by atoms with Crippen LogP contribution in [0, 0.1) is 5.82 Å². The summed E-state index contributed by atoms with van der Waals surface area (Å²) in [6.07, 6.45) is 1.54. The third kappa shape index (κ3) is 2.72. The van der Waals surface area contributed by atoms with E-state index in [2.05, 4.69) is 15.9 Å². The molecule has 5 heteroatoms. The molecule has 98 valence electrons. The second-order valence-electron chi connectivity index (χ2n) is 4.76. The zero-order chi connectivity index (χ0) is 13.3. The molecular weight excluding hydrogens is 299 g/mol. The van der Waals surface area contributed by atoms with Gasteiger partial charge in [-0.25, -0.2) is 4.39 Å². The van der Waals surface area contributed by atoms with E-state index >= 15 is 0 Å². The molecule has 0 spiro atoms. The van der Waals surface area contributed by atoms with E-state index in [-0.39, 0.29) is 23.6 Å². The van der Waals surface area contributed by atoms with Crippen LogP contribution in [0.15, 0.2) is 22.7 Å². The highest BCUT2D eigenvalue weighted by atomic mass is 79.9. The maximum atomic E-state index is 13.8. The molecule has 0 aromatic heterocycles. The van der Waals surface area contributed by atoms with Crippen LogP contribution in [-0.2, 0) is 0 Å². The third-order valence-corrected chi connectivity index (χ3v) is 3.83. The number of carbonyl (C=O) groups is 1. The van der Waals surface area contributed by atoms with E-state index in [1.807, 2.05) is 6.92 Å². The molecule has 1 heterocycles. The van der Waals surface area contributed by atoms with Gasteiger partial charge in [-0.1, -0.05) is 15.9 Å². The number of piperidine rings is 1. The monoisotopic (exact) mass is 314 g/mol. The van der Waals surface area contributed by atoms with Crippen molar-refractivity contribution >= 4 is 21.8 Å². The molecule has 3 nitrogen and oxygen atoms in total. The van der Waals surface area contributed by atoms with E-state index < -0.39 is 5.82 Å². The van der Waals surface area contributed by atoms with E-state index in [4.69, 9.17) is 5.73 Å². The van der Waals surface area contributed by atoms with Crippen molar-refractivity contribution in [1.82, 2.24) is 4.90 Å². The van der Waals surface area contributed by atoms with Gasteiger partial charge < -0.3 is 10.6 Å². The maximum absolute atomic E-state index is 13.8. The van der Waals surface area contributed by atoms with Gasteiger partial charge in [-0.2, -0.15) is 0 Å². The molecule has 1 fully saturated rings. The molecule has 1 aliphatic rings. The number of hydrogen-bond acceptors (Lipinski definition) is 2. The Labute approximate surface area is 114 Å². The highest BCUT2D eigenvalue weighted by molar-refractivity contribution is 9.10. The zero-order valence-corrected chi connectivity index (χ0v) is 11.8.